The summed E-state index contributed by atoms with van der Waals surface area (Å²) in [6.07, 6.45) is 1.74. The van der Waals surface area contributed by atoms with Gasteiger partial charge in [-0.2, -0.15) is 0 Å². The number of pyridine rings is 1. The Hall–Kier alpha value is -2.39. The Morgan fingerprint density at radius 3 is 2.76 bits per heavy atom. The number of rotatable bonds is 3. The Morgan fingerprint density at radius 2 is 2.00 bits per heavy atom. The van der Waals surface area contributed by atoms with Crippen LogP contribution in [0.15, 0.2) is 54.7 Å². The van der Waals surface area contributed by atoms with Crippen LogP contribution in [0.3, 0.4) is 0 Å². The lowest BCUT2D eigenvalue weighted by Crippen LogP contribution is -1.93. The molecule has 104 valence electrons. The Balaban J connectivity index is 1.93. The van der Waals surface area contributed by atoms with Gasteiger partial charge in [-0.15, -0.1) is 0 Å². The Kier molecular flexibility index (Phi) is 3.59. The van der Waals surface area contributed by atoms with E-state index in [9.17, 15) is 4.79 Å². The lowest BCUT2D eigenvalue weighted by atomic mass is 10.1. The fourth-order valence-electron chi connectivity index (χ4n) is 2.04. The van der Waals surface area contributed by atoms with Crippen LogP contribution < -0.4 is 4.74 Å². The number of ether oxygens (including phenoxy) is 1. The fourth-order valence-corrected chi connectivity index (χ4v) is 2.26. The van der Waals surface area contributed by atoms with E-state index in [1.807, 2.05) is 30.3 Å². The molecule has 1 aromatic heterocycles. The van der Waals surface area contributed by atoms with E-state index in [4.69, 9.17) is 16.3 Å². The summed E-state index contributed by atoms with van der Waals surface area (Å²) in [5.41, 5.74) is 1.42. The molecule has 3 nitrogen and oxygen atoms in total. The topological polar surface area (TPSA) is 39.2 Å². The van der Waals surface area contributed by atoms with Crippen LogP contribution >= 0.6 is 11.6 Å². The number of halogens is 1. The minimum Gasteiger partial charge on any atom is -0.456 e. The van der Waals surface area contributed by atoms with E-state index in [1.54, 1.807) is 24.4 Å². The van der Waals surface area contributed by atoms with Gasteiger partial charge >= 0.3 is 0 Å². The molecular weight excluding hydrogens is 286 g/mol. The second kappa shape index (κ2) is 5.54. The van der Waals surface area contributed by atoms with Crippen molar-refractivity contribution in [2.75, 3.05) is 0 Å². The number of nitrogens with zero attached hydrogens (tertiary/aromatic N) is 1. The van der Waals surface area contributed by atoms with Crippen molar-refractivity contribution >= 4 is 28.3 Å². The number of carbonyl (C=O) groups is 1. The molecule has 2 aromatic carbocycles. The van der Waals surface area contributed by atoms with Crippen LogP contribution in [-0.2, 0) is 0 Å². The minimum absolute atomic E-state index is 0.0293. The highest BCUT2D eigenvalue weighted by Crippen LogP contribution is 2.31. The van der Waals surface area contributed by atoms with Gasteiger partial charge in [0.25, 0.3) is 0 Å². The first kappa shape index (κ1) is 13.6. The summed E-state index contributed by atoms with van der Waals surface area (Å²) in [5.74, 6) is 1.13. The first-order chi connectivity index (χ1) is 10.1. The van der Waals surface area contributed by atoms with Gasteiger partial charge in [-0.25, -0.2) is 0 Å². The monoisotopic (exact) mass is 297 g/mol. The Bertz CT molecular complexity index is 830. The van der Waals surface area contributed by atoms with Gasteiger partial charge in [0.2, 0.25) is 0 Å². The fraction of sp³-hybridized carbons (Fsp3) is 0.0588. The molecule has 0 atom stereocenters. The van der Waals surface area contributed by atoms with E-state index >= 15 is 0 Å². The predicted octanol–water partition coefficient (Wildman–Crippen LogP) is 4.88. The molecule has 0 aliphatic heterocycles. The second-order valence-electron chi connectivity index (χ2n) is 4.66. The highest BCUT2D eigenvalue weighted by atomic mass is 35.5. The number of aromatic nitrogens is 1. The molecule has 0 unspecified atom stereocenters. The molecule has 0 saturated heterocycles. The standard InChI is InChI=1S/C17H12ClNO2/c1-11(20)13-5-7-17(15(18)9-13)21-14-6-4-12-3-2-8-19-16(12)10-14/h2-10H,1H3. The summed E-state index contributed by atoms with van der Waals surface area (Å²) in [5, 5.41) is 1.45. The molecule has 1 heterocycles. The molecule has 21 heavy (non-hydrogen) atoms. The molecule has 0 fully saturated rings. The van der Waals surface area contributed by atoms with Crippen LogP contribution in [0.4, 0.5) is 0 Å². The maximum Gasteiger partial charge on any atom is 0.159 e. The van der Waals surface area contributed by atoms with Crippen molar-refractivity contribution < 1.29 is 9.53 Å². The highest BCUT2D eigenvalue weighted by molar-refractivity contribution is 6.32. The molecule has 4 heteroatoms. The van der Waals surface area contributed by atoms with Crippen LogP contribution in [-0.4, -0.2) is 10.8 Å². The number of fused-ring (bicyclic) bond motifs is 1. The van der Waals surface area contributed by atoms with Crippen molar-refractivity contribution in [2.45, 2.75) is 6.92 Å². The van der Waals surface area contributed by atoms with Gasteiger partial charge < -0.3 is 4.74 Å². The summed E-state index contributed by atoms with van der Waals surface area (Å²) in [6, 6.07) is 14.5. The minimum atomic E-state index is -0.0293. The van der Waals surface area contributed by atoms with Crippen molar-refractivity contribution in [2.24, 2.45) is 0 Å². The van der Waals surface area contributed by atoms with Crippen LogP contribution in [0.5, 0.6) is 11.5 Å². The zero-order valence-corrected chi connectivity index (χ0v) is 12.1. The van der Waals surface area contributed by atoms with Gasteiger partial charge in [-0.1, -0.05) is 17.7 Å². The van der Waals surface area contributed by atoms with Crippen molar-refractivity contribution in [1.82, 2.24) is 4.98 Å². The van der Waals surface area contributed by atoms with E-state index in [-0.39, 0.29) is 5.78 Å². The van der Waals surface area contributed by atoms with Gasteiger partial charge in [-0.3, -0.25) is 9.78 Å². The van der Waals surface area contributed by atoms with Gasteiger partial charge in [0.05, 0.1) is 10.5 Å². The lowest BCUT2D eigenvalue weighted by Gasteiger charge is -2.09. The Labute approximate surface area is 127 Å². The van der Waals surface area contributed by atoms with Crippen LogP contribution in [0.1, 0.15) is 17.3 Å². The average molecular weight is 298 g/mol. The molecular formula is C17H12ClNO2. The highest BCUT2D eigenvalue weighted by Gasteiger charge is 2.07. The number of benzene rings is 2. The lowest BCUT2D eigenvalue weighted by molar-refractivity contribution is 0.101. The molecule has 0 aliphatic carbocycles. The van der Waals surface area contributed by atoms with Gasteiger partial charge in [0.15, 0.2) is 5.78 Å². The van der Waals surface area contributed by atoms with Gasteiger partial charge in [-0.05, 0) is 43.3 Å². The smallest absolute Gasteiger partial charge is 0.159 e. The third-order valence-corrected chi connectivity index (χ3v) is 3.44. The zero-order valence-electron chi connectivity index (χ0n) is 11.3. The molecule has 0 radical (unpaired) electrons. The first-order valence-corrected chi connectivity index (χ1v) is 6.84. The van der Waals surface area contributed by atoms with E-state index in [1.165, 1.54) is 6.92 Å². The molecule has 3 rings (SSSR count). The summed E-state index contributed by atoms with van der Waals surface area (Å²) >= 11 is 6.15. The number of carbonyl (C=O) groups excluding carboxylic acids is 1. The van der Waals surface area contributed by atoms with Gasteiger partial charge in [0.1, 0.15) is 11.5 Å². The Morgan fingerprint density at radius 1 is 1.14 bits per heavy atom. The van der Waals surface area contributed by atoms with E-state index in [0.717, 1.165) is 10.9 Å². The van der Waals surface area contributed by atoms with Crippen molar-refractivity contribution in [3.8, 4) is 11.5 Å². The third kappa shape index (κ3) is 2.88. The summed E-state index contributed by atoms with van der Waals surface area (Å²) in [6.45, 7) is 1.50. The van der Waals surface area contributed by atoms with Crippen LogP contribution in [0, 0.1) is 0 Å². The number of hydrogen-bond acceptors (Lipinski definition) is 3. The van der Waals surface area contributed by atoms with Gasteiger partial charge in [0, 0.05) is 23.2 Å². The maximum atomic E-state index is 11.3. The quantitative estimate of drug-likeness (QED) is 0.647. The maximum absolute atomic E-state index is 11.3. The van der Waals surface area contributed by atoms with Crippen molar-refractivity contribution in [1.29, 1.82) is 0 Å². The number of ketones is 1. The molecule has 0 saturated carbocycles. The number of Topliss-reactive ketones (excluding diaryl/α,β-unsaturated/α-hetero) is 1. The first-order valence-electron chi connectivity index (χ1n) is 6.46. The largest absolute Gasteiger partial charge is 0.456 e. The summed E-state index contributed by atoms with van der Waals surface area (Å²) < 4.78 is 5.77. The van der Waals surface area contributed by atoms with E-state index in [2.05, 4.69) is 4.98 Å². The third-order valence-electron chi connectivity index (χ3n) is 3.14. The predicted molar refractivity (Wildman–Crippen MR) is 83.3 cm³/mol. The van der Waals surface area contributed by atoms with Crippen molar-refractivity contribution in [3.05, 3.63) is 65.3 Å². The molecule has 0 spiro atoms. The molecule has 0 N–H and O–H groups in total. The number of hydrogen-bond donors (Lipinski definition) is 0. The van der Waals surface area contributed by atoms with Crippen LogP contribution in [0.25, 0.3) is 10.9 Å². The molecule has 0 aliphatic rings. The molecule has 0 amide bonds. The SMILES string of the molecule is CC(=O)c1ccc(Oc2ccc3cccnc3c2)c(Cl)c1. The summed E-state index contributed by atoms with van der Waals surface area (Å²) in [7, 11) is 0. The zero-order chi connectivity index (χ0) is 14.8. The average Bonchev–Trinajstić information content (AvgIpc) is 2.49. The normalized spacial score (nSPS) is 10.6. The van der Waals surface area contributed by atoms with E-state index < -0.39 is 0 Å². The van der Waals surface area contributed by atoms with Crippen LogP contribution in [0.2, 0.25) is 5.02 Å². The van der Waals surface area contributed by atoms with E-state index in [0.29, 0.717) is 22.1 Å². The second-order valence-corrected chi connectivity index (χ2v) is 5.07. The van der Waals surface area contributed by atoms with Crippen molar-refractivity contribution in [3.63, 3.8) is 0 Å². The molecule has 0 bridgehead atoms. The summed E-state index contributed by atoms with van der Waals surface area (Å²) in [4.78, 5) is 15.6. The molecule has 3 aromatic rings.